The molecule has 0 aromatic heterocycles. The van der Waals surface area contributed by atoms with Crippen LogP contribution in [0.2, 0.25) is 5.02 Å². The molecule has 2 aromatic carbocycles. The van der Waals surface area contributed by atoms with Crippen molar-refractivity contribution in [2.75, 3.05) is 24.7 Å². The lowest BCUT2D eigenvalue weighted by molar-refractivity contribution is -0.131. The number of carbonyl (C=O) groups excluding carboxylic acids is 2. The van der Waals surface area contributed by atoms with E-state index in [0.717, 1.165) is 17.7 Å². The minimum absolute atomic E-state index is 0.00515. The molecule has 0 fully saturated rings. The van der Waals surface area contributed by atoms with E-state index in [9.17, 15) is 9.59 Å². The van der Waals surface area contributed by atoms with E-state index in [1.54, 1.807) is 31.3 Å². The van der Waals surface area contributed by atoms with Gasteiger partial charge in [0.25, 0.3) is 0 Å². The standard InChI is InChI=1S/C20H21ClN2O2S/c1-23(12-19(24)22-18-8-3-2-7-17(18)21)20(25)13-26-16-10-9-14-5-4-6-15(14)11-16/h2-3,7-11H,4-6,12-13H2,1H3,(H,22,24). The molecule has 1 aliphatic rings. The van der Waals surface area contributed by atoms with Crippen molar-refractivity contribution < 1.29 is 9.59 Å². The molecular formula is C20H21ClN2O2S. The van der Waals surface area contributed by atoms with Crippen molar-refractivity contribution >= 4 is 40.9 Å². The highest BCUT2D eigenvalue weighted by Crippen LogP contribution is 2.27. The van der Waals surface area contributed by atoms with E-state index >= 15 is 0 Å². The number of benzene rings is 2. The third-order valence-electron chi connectivity index (χ3n) is 4.39. The van der Waals surface area contributed by atoms with Gasteiger partial charge in [0.15, 0.2) is 0 Å². The molecule has 0 bridgehead atoms. The summed E-state index contributed by atoms with van der Waals surface area (Å²) in [7, 11) is 1.64. The molecule has 26 heavy (non-hydrogen) atoms. The Bertz CT molecular complexity index is 825. The lowest BCUT2D eigenvalue weighted by Crippen LogP contribution is -2.36. The summed E-state index contributed by atoms with van der Waals surface area (Å²) in [4.78, 5) is 27.0. The average Bonchev–Trinajstić information content (AvgIpc) is 3.09. The van der Waals surface area contributed by atoms with Crippen molar-refractivity contribution in [3.63, 3.8) is 0 Å². The molecular weight excluding hydrogens is 368 g/mol. The van der Waals surface area contributed by atoms with Gasteiger partial charge in [-0.15, -0.1) is 11.8 Å². The van der Waals surface area contributed by atoms with Crippen LogP contribution in [0.4, 0.5) is 5.69 Å². The van der Waals surface area contributed by atoms with Crippen molar-refractivity contribution in [3.8, 4) is 0 Å². The Morgan fingerprint density at radius 1 is 1.15 bits per heavy atom. The summed E-state index contributed by atoms with van der Waals surface area (Å²) in [5, 5.41) is 3.20. The van der Waals surface area contributed by atoms with Gasteiger partial charge in [-0.1, -0.05) is 29.8 Å². The number of anilines is 1. The van der Waals surface area contributed by atoms with Gasteiger partial charge in [-0.05, 0) is 54.7 Å². The summed E-state index contributed by atoms with van der Waals surface area (Å²) in [5.74, 6) is -0.0319. The molecule has 6 heteroatoms. The number of amides is 2. The van der Waals surface area contributed by atoms with Crippen LogP contribution in [-0.4, -0.2) is 36.1 Å². The van der Waals surface area contributed by atoms with E-state index in [4.69, 9.17) is 11.6 Å². The molecule has 2 aromatic rings. The second-order valence-corrected chi connectivity index (χ2v) is 7.81. The fraction of sp³-hybridized carbons (Fsp3) is 0.300. The van der Waals surface area contributed by atoms with Crippen LogP contribution in [0.1, 0.15) is 17.5 Å². The molecule has 0 spiro atoms. The molecule has 0 radical (unpaired) electrons. The van der Waals surface area contributed by atoms with Gasteiger partial charge in [0, 0.05) is 11.9 Å². The lowest BCUT2D eigenvalue weighted by atomic mass is 10.1. The minimum atomic E-state index is -0.267. The Balaban J connectivity index is 1.48. The molecule has 4 nitrogen and oxygen atoms in total. The smallest absolute Gasteiger partial charge is 0.244 e. The van der Waals surface area contributed by atoms with Crippen molar-refractivity contribution in [2.24, 2.45) is 0 Å². The minimum Gasteiger partial charge on any atom is -0.336 e. The molecule has 136 valence electrons. The Morgan fingerprint density at radius 3 is 2.73 bits per heavy atom. The number of fused-ring (bicyclic) bond motifs is 1. The highest BCUT2D eigenvalue weighted by atomic mass is 35.5. The first-order valence-corrected chi connectivity index (χ1v) is 9.92. The second-order valence-electron chi connectivity index (χ2n) is 6.35. The van der Waals surface area contributed by atoms with Crippen molar-refractivity contribution in [1.29, 1.82) is 0 Å². The zero-order valence-corrected chi connectivity index (χ0v) is 16.2. The first-order chi connectivity index (χ1) is 12.5. The Hall–Kier alpha value is -1.98. The number of aryl methyl sites for hydroxylation is 2. The summed E-state index contributed by atoms with van der Waals surface area (Å²) in [6.45, 7) is -0.00515. The largest absolute Gasteiger partial charge is 0.336 e. The molecule has 1 aliphatic carbocycles. The Labute approximate surface area is 162 Å². The number of likely N-dealkylation sites (N-methyl/N-ethyl adjacent to an activating group) is 1. The molecule has 0 atom stereocenters. The molecule has 0 saturated carbocycles. The second kappa shape index (κ2) is 8.60. The number of rotatable bonds is 6. The van der Waals surface area contributed by atoms with Crippen LogP contribution in [0.3, 0.4) is 0 Å². The number of nitrogens with one attached hydrogen (secondary N) is 1. The molecule has 3 rings (SSSR count). The highest BCUT2D eigenvalue weighted by molar-refractivity contribution is 8.00. The van der Waals surface area contributed by atoms with E-state index in [1.807, 2.05) is 0 Å². The van der Waals surface area contributed by atoms with E-state index in [1.165, 1.54) is 34.2 Å². The van der Waals surface area contributed by atoms with Gasteiger partial charge in [-0.2, -0.15) is 0 Å². The summed E-state index contributed by atoms with van der Waals surface area (Å²) in [5.41, 5.74) is 3.37. The van der Waals surface area contributed by atoms with E-state index in [-0.39, 0.29) is 18.4 Å². The number of hydrogen-bond donors (Lipinski definition) is 1. The first kappa shape index (κ1) is 18.8. The van der Waals surface area contributed by atoms with Crippen LogP contribution in [-0.2, 0) is 22.4 Å². The van der Waals surface area contributed by atoms with Crippen LogP contribution in [0.25, 0.3) is 0 Å². The normalized spacial score (nSPS) is 12.5. The number of halogens is 1. The monoisotopic (exact) mass is 388 g/mol. The molecule has 0 heterocycles. The van der Waals surface area contributed by atoms with E-state index in [0.29, 0.717) is 16.5 Å². The maximum Gasteiger partial charge on any atom is 0.244 e. The number of hydrogen-bond acceptors (Lipinski definition) is 3. The predicted octanol–water partition coefficient (Wildman–Crippen LogP) is 4.02. The lowest BCUT2D eigenvalue weighted by Gasteiger charge is -2.17. The zero-order valence-electron chi connectivity index (χ0n) is 14.6. The van der Waals surface area contributed by atoms with Crippen LogP contribution < -0.4 is 5.32 Å². The Kier molecular flexibility index (Phi) is 6.22. The van der Waals surface area contributed by atoms with Crippen molar-refractivity contribution in [1.82, 2.24) is 4.90 Å². The zero-order chi connectivity index (χ0) is 18.5. The van der Waals surface area contributed by atoms with E-state index < -0.39 is 0 Å². The summed E-state index contributed by atoms with van der Waals surface area (Å²) >= 11 is 7.54. The van der Waals surface area contributed by atoms with Gasteiger partial charge in [0.1, 0.15) is 0 Å². The summed E-state index contributed by atoms with van der Waals surface area (Å²) < 4.78 is 0. The third-order valence-corrected chi connectivity index (χ3v) is 5.69. The average molecular weight is 389 g/mol. The van der Waals surface area contributed by atoms with Gasteiger partial charge < -0.3 is 10.2 Å². The number of nitrogens with zero attached hydrogens (tertiary/aromatic N) is 1. The summed E-state index contributed by atoms with van der Waals surface area (Å²) in [6.07, 6.45) is 3.49. The van der Waals surface area contributed by atoms with Gasteiger partial charge in [0.2, 0.25) is 11.8 Å². The maximum atomic E-state index is 12.3. The molecule has 2 amide bonds. The van der Waals surface area contributed by atoms with Gasteiger partial charge in [0.05, 0.1) is 23.0 Å². The SMILES string of the molecule is CN(CC(=O)Nc1ccccc1Cl)C(=O)CSc1ccc2c(c1)CCC2. The van der Waals surface area contributed by atoms with Gasteiger partial charge in [-0.3, -0.25) is 9.59 Å². The molecule has 0 unspecified atom stereocenters. The van der Waals surface area contributed by atoms with Gasteiger partial charge >= 0.3 is 0 Å². The van der Waals surface area contributed by atoms with E-state index in [2.05, 4.69) is 23.5 Å². The predicted molar refractivity (Wildman–Crippen MR) is 107 cm³/mol. The van der Waals surface area contributed by atoms with Crippen LogP contribution >= 0.6 is 23.4 Å². The maximum absolute atomic E-state index is 12.3. The fourth-order valence-corrected chi connectivity index (χ4v) is 4.03. The molecule has 1 N–H and O–H groups in total. The summed E-state index contributed by atoms with van der Waals surface area (Å²) in [6, 6.07) is 13.4. The number of para-hydroxylation sites is 1. The Morgan fingerprint density at radius 2 is 1.92 bits per heavy atom. The molecule has 0 aliphatic heterocycles. The number of carbonyl (C=O) groups is 2. The molecule has 0 saturated heterocycles. The fourth-order valence-electron chi connectivity index (χ4n) is 2.95. The van der Waals surface area contributed by atoms with Crippen LogP contribution in [0.5, 0.6) is 0 Å². The van der Waals surface area contributed by atoms with Crippen LogP contribution in [0, 0.1) is 0 Å². The first-order valence-electron chi connectivity index (χ1n) is 8.56. The third kappa shape index (κ3) is 4.80. The van der Waals surface area contributed by atoms with Crippen molar-refractivity contribution in [3.05, 3.63) is 58.6 Å². The highest BCUT2D eigenvalue weighted by Gasteiger charge is 2.15. The van der Waals surface area contributed by atoms with Gasteiger partial charge in [-0.25, -0.2) is 0 Å². The van der Waals surface area contributed by atoms with Crippen molar-refractivity contribution in [2.45, 2.75) is 24.2 Å². The number of thioether (sulfide) groups is 1. The quantitative estimate of drug-likeness (QED) is 0.760. The topological polar surface area (TPSA) is 49.4 Å². The van der Waals surface area contributed by atoms with Crippen LogP contribution in [0.15, 0.2) is 47.4 Å².